The Morgan fingerprint density at radius 2 is 1.89 bits per heavy atom. The number of methoxy groups -OCH3 is 2. The highest BCUT2D eigenvalue weighted by Crippen LogP contribution is 2.31. The number of carbonyl (C=O) groups is 1. The second-order valence-corrected chi connectivity index (χ2v) is 3.88. The number of hydrogen-bond acceptors (Lipinski definition) is 5. The smallest absolute Gasteiger partial charge is 0.382 e. The van der Waals surface area contributed by atoms with Crippen LogP contribution in [-0.2, 0) is 29.1 Å². The molecule has 0 radical (unpaired) electrons. The average Bonchev–Trinajstić information content (AvgIpc) is 2.43. The highest BCUT2D eigenvalue weighted by molar-refractivity contribution is 6.32. The molecule has 100 valence electrons. The minimum Gasteiger partial charge on any atom is -0.382 e. The summed E-state index contributed by atoms with van der Waals surface area (Å²) in [7, 11) is 2.83. The first-order chi connectivity index (χ1) is 8.65. The van der Waals surface area contributed by atoms with Crippen LogP contribution in [0.5, 0.6) is 0 Å². The maximum absolute atomic E-state index is 11.8. The number of hydrogen-bond donors (Lipinski definition) is 0. The third-order valence-corrected chi connectivity index (χ3v) is 2.72. The molecule has 0 aromatic heterocycles. The minimum absolute atomic E-state index is 0.119. The van der Waals surface area contributed by atoms with Crippen molar-refractivity contribution < 1.29 is 24.0 Å². The van der Waals surface area contributed by atoms with Crippen LogP contribution in [0, 0.1) is 0 Å². The maximum atomic E-state index is 11.8. The molecule has 1 aromatic carbocycles. The lowest BCUT2D eigenvalue weighted by molar-refractivity contribution is -0.285. The predicted octanol–water partition coefficient (Wildman–Crippen LogP) is 1.85. The van der Waals surface area contributed by atoms with Gasteiger partial charge in [0.25, 0.3) is 5.06 Å². The summed E-state index contributed by atoms with van der Waals surface area (Å²) in [6, 6.07) is 8.60. The molecule has 0 spiro atoms. The van der Waals surface area contributed by atoms with E-state index in [9.17, 15) is 4.79 Å². The molecular weight excluding hydrogens is 260 g/mol. The Hall–Kier alpha value is -1.14. The third-order valence-electron chi connectivity index (χ3n) is 2.19. The normalized spacial score (nSPS) is 13.9. The van der Waals surface area contributed by atoms with Gasteiger partial charge in [-0.3, -0.25) is 4.89 Å². The Balaban J connectivity index is 2.67. The number of halogens is 1. The fraction of sp³-hybridized carbons (Fsp3) is 0.417. The SMILES string of the molecule is COCCOOC(=O)C(Cl)(OC)c1ccccc1. The lowest BCUT2D eigenvalue weighted by atomic mass is 10.1. The lowest BCUT2D eigenvalue weighted by Gasteiger charge is -2.22. The summed E-state index contributed by atoms with van der Waals surface area (Å²) in [5.41, 5.74) is 0.467. The monoisotopic (exact) mass is 274 g/mol. The molecule has 0 bridgehead atoms. The van der Waals surface area contributed by atoms with E-state index in [1.54, 1.807) is 30.3 Å². The Bertz CT molecular complexity index is 370. The van der Waals surface area contributed by atoms with Gasteiger partial charge in [0.1, 0.15) is 6.61 Å². The first kappa shape index (κ1) is 14.9. The zero-order valence-corrected chi connectivity index (χ0v) is 11.0. The van der Waals surface area contributed by atoms with E-state index in [4.69, 9.17) is 21.1 Å². The van der Waals surface area contributed by atoms with Gasteiger partial charge in [-0.05, 0) is 0 Å². The quantitative estimate of drug-likeness (QED) is 0.329. The Kier molecular flexibility index (Phi) is 6.07. The molecule has 5 nitrogen and oxygen atoms in total. The van der Waals surface area contributed by atoms with Crippen molar-refractivity contribution in [2.24, 2.45) is 0 Å². The van der Waals surface area contributed by atoms with Gasteiger partial charge in [-0.2, -0.15) is 4.89 Å². The summed E-state index contributed by atoms with van der Waals surface area (Å²) in [4.78, 5) is 21.1. The summed E-state index contributed by atoms with van der Waals surface area (Å²) < 4.78 is 9.76. The van der Waals surface area contributed by atoms with Gasteiger partial charge in [0.2, 0.25) is 0 Å². The van der Waals surface area contributed by atoms with Crippen LogP contribution >= 0.6 is 11.6 Å². The van der Waals surface area contributed by atoms with Crippen LogP contribution in [-0.4, -0.2) is 33.4 Å². The fourth-order valence-electron chi connectivity index (χ4n) is 1.24. The molecular formula is C12H15ClO5. The molecule has 1 rings (SSSR count). The standard InChI is InChI=1S/C12H15ClO5/c1-15-8-9-17-18-11(14)12(13,16-2)10-6-4-3-5-7-10/h3-7H,8-9H2,1-2H3. The van der Waals surface area contributed by atoms with Crippen LogP contribution in [0.25, 0.3) is 0 Å². The predicted molar refractivity (Wildman–Crippen MR) is 64.9 cm³/mol. The number of rotatable bonds is 7. The molecule has 1 atom stereocenters. The van der Waals surface area contributed by atoms with Gasteiger partial charge in [0, 0.05) is 19.8 Å². The largest absolute Gasteiger partial charge is 0.394 e. The summed E-state index contributed by atoms with van der Waals surface area (Å²) in [6.45, 7) is 0.425. The van der Waals surface area contributed by atoms with Gasteiger partial charge in [-0.25, -0.2) is 4.79 Å². The number of carbonyl (C=O) groups excluding carboxylic acids is 1. The molecule has 0 fully saturated rings. The van der Waals surface area contributed by atoms with Crippen LogP contribution in [0.3, 0.4) is 0 Å². The van der Waals surface area contributed by atoms with Crippen molar-refractivity contribution in [1.29, 1.82) is 0 Å². The molecule has 1 aromatic rings. The van der Waals surface area contributed by atoms with E-state index in [0.29, 0.717) is 12.2 Å². The van der Waals surface area contributed by atoms with Crippen molar-refractivity contribution in [3.63, 3.8) is 0 Å². The molecule has 0 amide bonds. The van der Waals surface area contributed by atoms with Gasteiger partial charge in [-0.1, -0.05) is 41.9 Å². The first-order valence-corrected chi connectivity index (χ1v) is 5.65. The van der Waals surface area contributed by atoms with Crippen LogP contribution in [0.15, 0.2) is 30.3 Å². The fourth-order valence-corrected chi connectivity index (χ4v) is 1.40. The Morgan fingerprint density at radius 3 is 2.44 bits per heavy atom. The molecule has 0 heterocycles. The molecule has 0 saturated heterocycles. The van der Waals surface area contributed by atoms with E-state index < -0.39 is 11.0 Å². The van der Waals surface area contributed by atoms with Gasteiger partial charge in [0.15, 0.2) is 0 Å². The topological polar surface area (TPSA) is 54.0 Å². The third kappa shape index (κ3) is 3.68. The number of benzene rings is 1. The van der Waals surface area contributed by atoms with E-state index in [1.165, 1.54) is 14.2 Å². The van der Waals surface area contributed by atoms with E-state index >= 15 is 0 Å². The van der Waals surface area contributed by atoms with Gasteiger partial charge in [0.05, 0.1) is 6.61 Å². The molecule has 1 unspecified atom stereocenters. The van der Waals surface area contributed by atoms with Crippen molar-refractivity contribution >= 4 is 17.6 Å². The van der Waals surface area contributed by atoms with E-state index in [0.717, 1.165) is 0 Å². The van der Waals surface area contributed by atoms with E-state index in [-0.39, 0.29) is 6.61 Å². The van der Waals surface area contributed by atoms with Crippen LogP contribution in [0.2, 0.25) is 0 Å². The van der Waals surface area contributed by atoms with Crippen molar-refractivity contribution in [1.82, 2.24) is 0 Å². The molecule has 18 heavy (non-hydrogen) atoms. The molecule has 6 heteroatoms. The van der Waals surface area contributed by atoms with Gasteiger partial charge < -0.3 is 9.47 Å². The first-order valence-electron chi connectivity index (χ1n) is 5.27. The highest BCUT2D eigenvalue weighted by Gasteiger charge is 2.41. The van der Waals surface area contributed by atoms with E-state index in [2.05, 4.69) is 9.78 Å². The average molecular weight is 275 g/mol. The Morgan fingerprint density at radius 1 is 1.22 bits per heavy atom. The summed E-state index contributed by atoms with van der Waals surface area (Å²) in [5, 5.41) is -1.71. The summed E-state index contributed by atoms with van der Waals surface area (Å²) in [5.74, 6) is -0.839. The second-order valence-electron chi connectivity index (χ2n) is 3.35. The van der Waals surface area contributed by atoms with Crippen LogP contribution in [0.1, 0.15) is 5.56 Å². The van der Waals surface area contributed by atoms with Crippen LogP contribution < -0.4 is 0 Å². The summed E-state index contributed by atoms with van der Waals surface area (Å²) in [6.07, 6.45) is 0. The molecule has 0 saturated carbocycles. The zero-order chi connectivity index (χ0) is 13.4. The number of ether oxygens (including phenoxy) is 2. The number of alkyl halides is 1. The van der Waals surface area contributed by atoms with Crippen molar-refractivity contribution in [2.75, 3.05) is 27.4 Å². The van der Waals surface area contributed by atoms with Crippen molar-refractivity contribution in [3.8, 4) is 0 Å². The molecule has 0 aliphatic rings. The maximum Gasteiger partial charge on any atom is 0.394 e. The molecule has 0 N–H and O–H groups in total. The second kappa shape index (κ2) is 7.33. The van der Waals surface area contributed by atoms with Gasteiger partial charge in [-0.15, -0.1) is 0 Å². The Labute approximate surface area is 110 Å². The summed E-state index contributed by atoms with van der Waals surface area (Å²) >= 11 is 6.10. The minimum atomic E-state index is -1.71. The molecule has 0 aliphatic carbocycles. The zero-order valence-electron chi connectivity index (χ0n) is 10.2. The highest BCUT2D eigenvalue weighted by atomic mass is 35.5. The van der Waals surface area contributed by atoms with Gasteiger partial charge >= 0.3 is 5.97 Å². The van der Waals surface area contributed by atoms with E-state index in [1.807, 2.05) is 0 Å². The molecule has 0 aliphatic heterocycles. The lowest BCUT2D eigenvalue weighted by Crippen LogP contribution is -2.34. The van der Waals surface area contributed by atoms with Crippen LogP contribution in [0.4, 0.5) is 0 Å². The van der Waals surface area contributed by atoms with Crippen molar-refractivity contribution in [2.45, 2.75) is 5.06 Å². The van der Waals surface area contributed by atoms with Crippen molar-refractivity contribution in [3.05, 3.63) is 35.9 Å².